The van der Waals surface area contributed by atoms with Crippen molar-refractivity contribution < 1.29 is 43.0 Å². The maximum Gasteiger partial charge on any atom is 0.407 e. The van der Waals surface area contributed by atoms with Gasteiger partial charge in [-0.3, -0.25) is 28.8 Å². The van der Waals surface area contributed by atoms with E-state index in [4.69, 9.17) is 20.9 Å². The topological polar surface area (TPSA) is 281 Å². The van der Waals surface area contributed by atoms with Crippen LogP contribution in [-0.4, -0.2) is 114 Å². The van der Waals surface area contributed by atoms with Gasteiger partial charge in [-0.1, -0.05) is 121 Å². The molecule has 0 bridgehead atoms. The number of H-pyrrole nitrogens is 1. The third-order valence-corrected chi connectivity index (χ3v) is 13.7. The Morgan fingerprint density at radius 2 is 1.17 bits per heavy atom. The van der Waals surface area contributed by atoms with Crippen LogP contribution in [0, 0.1) is 0 Å². The molecule has 0 aliphatic carbocycles. The van der Waals surface area contributed by atoms with Crippen molar-refractivity contribution in [2.45, 2.75) is 93.9 Å². The number of aromatic amines is 1. The highest BCUT2D eigenvalue weighted by molar-refractivity contribution is 5.99. The molecule has 0 unspecified atom stereocenters. The lowest BCUT2D eigenvalue weighted by atomic mass is 9.99. The summed E-state index contributed by atoms with van der Waals surface area (Å²) in [7, 11) is 0. The van der Waals surface area contributed by atoms with Gasteiger partial charge in [0.2, 0.25) is 35.4 Å². The van der Waals surface area contributed by atoms with E-state index in [2.05, 4.69) is 36.9 Å². The molecular weight excluding hydrogens is 981 g/mol. The fraction of sp³-hybridized carbons (Fsp3) is 0.328. The summed E-state index contributed by atoms with van der Waals surface area (Å²) in [4.78, 5) is 107. The Morgan fingerprint density at radius 1 is 0.584 bits per heavy atom. The molecular formula is C58H66N10O9. The number of hydrogen-bond donors (Lipinski definition) is 9. The SMILES string of the molecule is NCCCC[C@@H]1NC(=O)[C@@H](Cc2c[nH]c3ccccc23)NC(=O)[C@@H](c2ccccc2)NC(=O)[C@@H]2C[C@@H](OC(=O)NCCN)CN2C(=O)[C@H](Cc2ccccc2)NC(=O)[C@H](Cc2ccc(OCc3ccccc3)cc2)NC1=O. The number of unbranched alkanes of at least 4 members (excludes halogenated alkanes) is 1. The van der Waals surface area contributed by atoms with Crippen molar-refractivity contribution in [1.29, 1.82) is 0 Å². The van der Waals surface area contributed by atoms with E-state index < -0.39 is 83.9 Å². The van der Waals surface area contributed by atoms with Gasteiger partial charge in [0.25, 0.3) is 0 Å². The number of carbonyl (C=O) groups excluding carboxylic acids is 7. The Bertz CT molecular complexity index is 2960. The van der Waals surface area contributed by atoms with Crippen LogP contribution in [-0.2, 0) is 59.4 Å². The van der Waals surface area contributed by atoms with E-state index in [0.29, 0.717) is 54.0 Å². The summed E-state index contributed by atoms with van der Waals surface area (Å²) >= 11 is 0. The normalized spacial score (nSPS) is 21.6. The van der Waals surface area contributed by atoms with E-state index in [1.54, 1.807) is 85.1 Å². The second kappa shape index (κ2) is 26.8. The van der Waals surface area contributed by atoms with Crippen molar-refractivity contribution in [3.05, 3.63) is 174 Å². The first-order chi connectivity index (χ1) is 37.5. The number of rotatable bonds is 17. The predicted octanol–water partition coefficient (Wildman–Crippen LogP) is 3.37. The highest BCUT2D eigenvalue weighted by atomic mass is 16.6. The summed E-state index contributed by atoms with van der Waals surface area (Å²) in [5, 5.41) is 17.9. The highest BCUT2D eigenvalue weighted by Gasteiger charge is 2.45. The second-order valence-electron chi connectivity index (χ2n) is 19.2. The number of aromatic nitrogens is 1. The Kier molecular flexibility index (Phi) is 19.0. The van der Waals surface area contributed by atoms with Gasteiger partial charge in [-0.05, 0) is 71.8 Å². The Hall–Kier alpha value is -8.55. The van der Waals surface area contributed by atoms with Crippen LogP contribution in [0.25, 0.3) is 10.9 Å². The molecule has 7 amide bonds. The number of ether oxygens (including phenoxy) is 2. The number of nitrogens with zero attached hydrogens (tertiary/aromatic N) is 1. The summed E-state index contributed by atoms with van der Waals surface area (Å²) in [6.45, 7) is 0.617. The summed E-state index contributed by atoms with van der Waals surface area (Å²) in [6, 6.07) is 33.6. The third-order valence-electron chi connectivity index (χ3n) is 13.7. The minimum atomic E-state index is -1.42. The van der Waals surface area contributed by atoms with Crippen molar-refractivity contribution in [2.75, 3.05) is 26.2 Å². The molecule has 2 aliphatic rings. The monoisotopic (exact) mass is 1050 g/mol. The fourth-order valence-electron chi connectivity index (χ4n) is 9.65. The van der Waals surface area contributed by atoms with Gasteiger partial charge in [0.05, 0.1) is 6.54 Å². The molecule has 2 aliphatic heterocycles. The van der Waals surface area contributed by atoms with Crippen LogP contribution in [0.4, 0.5) is 4.79 Å². The standard InChI is InChI=1S/C58H66N10O9/c59-27-13-12-22-46-52(69)64-47(30-38-23-25-42(26-24-38)76-36-39-16-6-2-7-17-39)53(70)66-49(31-37-14-4-1-5-15-37)57(74)68-35-43(77-58(75)61-29-28-60)33-50(68)55(72)67-51(40-18-8-3-9-19-40)56(73)65-48(54(71)63-46)32-41-34-62-45-21-11-10-20-44(41)45/h1-11,14-21,23-26,34,43,46-51,62H,12-13,22,27-33,35-36,59-60H2,(H,61,75)(H,63,71)(H,64,69)(H,65,73)(H,66,70)(H,67,72)/t43-,46+,47+,48-,49+,50+,51-/m1/s1. The first-order valence-electron chi connectivity index (χ1n) is 26.0. The van der Waals surface area contributed by atoms with Gasteiger partial charge >= 0.3 is 6.09 Å². The van der Waals surface area contributed by atoms with Gasteiger partial charge in [0, 0.05) is 55.9 Å². The number of nitrogens with one attached hydrogen (secondary N) is 7. The number of para-hydroxylation sites is 1. The molecule has 7 atom stereocenters. The lowest BCUT2D eigenvalue weighted by Gasteiger charge is -2.32. The smallest absolute Gasteiger partial charge is 0.407 e. The number of hydrogen-bond acceptors (Lipinski definition) is 11. The minimum Gasteiger partial charge on any atom is -0.489 e. The minimum absolute atomic E-state index is 0.0385. The molecule has 2 saturated heterocycles. The Balaban J connectivity index is 1.19. The van der Waals surface area contributed by atoms with Gasteiger partial charge in [-0.2, -0.15) is 0 Å². The molecule has 8 rings (SSSR count). The Labute approximate surface area is 446 Å². The van der Waals surface area contributed by atoms with E-state index in [0.717, 1.165) is 16.5 Å². The number of carbonyl (C=O) groups is 7. The number of amides is 7. The van der Waals surface area contributed by atoms with Crippen LogP contribution >= 0.6 is 0 Å². The van der Waals surface area contributed by atoms with Crippen molar-refractivity contribution in [1.82, 2.24) is 41.8 Å². The van der Waals surface area contributed by atoms with Crippen molar-refractivity contribution in [3.8, 4) is 5.75 Å². The first kappa shape index (κ1) is 54.7. The lowest BCUT2D eigenvalue weighted by molar-refractivity contribution is -0.143. The zero-order valence-electron chi connectivity index (χ0n) is 42.7. The largest absolute Gasteiger partial charge is 0.489 e. The molecule has 402 valence electrons. The maximum atomic E-state index is 15.3. The van der Waals surface area contributed by atoms with Crippen LogP contribution in [0.5, 0.6) is 5.75 Å². The van der Waals surface area contributed by atoms with E-state index >= 15 is 9.59 Å². The first-order valence-corrected chi connectivity index (χ1v) is 26.0. The predicted molar refractivity (Wildman–Crippen MR) is 288 cm³/mol. The number of fused-ring (bicyclic) bond motifs is 2. The number of benzene rings is 5. The van der Waals surface area contributed by atoms with Gasteiger partial charge in [-0.15, -0.1) is 0 Å². The summed E-state index contributed by atoms with van der Waals surface area (Å²) < 4.78 is 11.8. The van der Waals surface area contributed by atoms with Crippen LogP contribution in [0.1, 0.15) is 59.5 Å². The molecule has 2 fully saturated rings. The van der Waals surface area contributed by atoms with Crippen molar-refractivity contribution in [2.24, 2.45) is 11.5 Å². The highest BCUT2D eigenvalue weighted by Crippen LogP contribution is 2.26. The van der Waals surface area contributed by atoms with E-state index in [1.807, 2.05) is 60.7 Å². The van der Waals surface area contributed by atoms with Gasteiger partial charge in [0.1, 0.15) is 54.7 Å². The van der Waals surface area contributed by atoms with Crippen molar-refractivity contribution >= 4 is 52.4 Å². The zero-order chi connectivity index (χ0) is 54.1. The van der Waals surface area contributed by atoms with Crippen LogP contribution < -0.4 is 48.1 Å². The molecule has 11 N–H and O–H groups in total. The quantitative estimate of drug-likeness (QED) is 0.0598. The van der Waals surface area contributed by atoms with Gasteiger partial charge < -0.3 is 62.7 Å². The zero-order valence-corrected chi connectivity index (χ0v) is 42.7. The molecule has 3 heterocycles. The van der Waals surface area contributed by atoms with Crippen molar-refractivity contribution in [3.63, 3.8) is 0 Å². The molecule has 0 saturated carbocycles. The average Bonchev–Trinajstić information content (AvgIpc) is 4.08. The lowest BCUT2D eigenvalue weighted by Crippen LogP contribution is -2.61. The molecule has 1 aromatic heterocycles. The molecule has 77 heavy (non-hydrogen) atoms. The molecule has 5 aromatic carbocycles. The van der Waals surface area contributed by atoms with E-state index in [9.17, 15) is 24.0 Å². The van der Waals surface area contributed by atoms with Crippen LogP contribution in [0.2, 0.25) is 0 Å². The maximum absolute atomic E-state index is 15.3. The molecule has 0 radical (unpaired) electrons. The van der Waals surface area contributed by atoms with E-state index in [-0.39, 0.29) is 51.7 Å². The molecule has 19 nitrogen and oxygen atoms in total. The van der Waals surface area contributed by atoms with Crippen LogP contribution in [0.15, 0.2) is 146 Å². The number of nitrogens with two attached hydrogens (primary N) is 2. The summed E-state index contributed by atoms with van der Waals surface area (Å²) in [5.41, 5.74) is 15.7. The number of alkyl carbamates (subject to hydrolysis) is 1. The fourth-order valence-corrected chi connectivity index (χ4v) is 9.65. The van der Waals surface area contributed by atoms with Gasteiger partial charge in [0.15, 0.2) is 0 Å². The van der Waals surface area contributed by atoms with Gasteiger partial charge in [-0.25, -0.2) is 4.79 Å². The Morgan fingerprint density at radius 3 is 1.87 bits per heavy atom. The van der Waals surface area contributed by atoms with Crippen LogP contribution in [0.3, 0.4) is 0 Å². The van der Waals surface area contributed by atoms with E-state index in [1.165, 1.54) is 4.90 Å². The summed E-state index contributed by atoms with van der Waals surface area (Å²) in [5.74, 6) is -3.76. The molecule has 19 heteroatoms. The summed E-state index contributed by atoms with van der Waals surface area (Å²) in [6.07, 6.45) is 0.652. The molecule has 0 spiro atoms. The second-order valence-corrected chi connectivity index (χ2v) is 19.2. The third kappa shape index (κ3) is 14.9. The average molecular weight is 1050 g/mol. The molecule has 6 aromatic rings.